The van der Waals surface area contributed by atoms with Crippen molar-refractivity contribution in [1.82, 2.24) is 5.43 Å². The zero-order valence-electron chi connectivity index (χ0n) is 21.0. The highest BCUT2D eigenvalue weighted by Gasteiger charge is 2.12. The number of hydrogen-bond donors (Lipinski definition) is 2. The molecule has 0 saturated carbocycles. The Morgan fingerprint density at radius 3 is 2.51 bits per heavy atom. The molecule has 3 rings (SSSR count). The Balaban J connectivity index is 1.64. The van der Waals surface area contributed by atoms with Crippen LogP contribution < -0.4 is 25.0 Å². The van der Waals surface area contributed by atoms with Gasteiger partial charge in [0.2, 0.25) is 0 Å². The van der Waals surface area contributed by atoms with Gasteiger partial charge in [-0.3, -0.25) is 9.59 Å². The van der Waals surface area contributed by atoms with E-state index in [-0.39, 0.29) is 12.5 Å². The molecule has 0 aliphatic carbocycles. The van der Waals surface area contributed by atoms with E-state index in [0.717, 1.165) is 16.5 Å². The predicted molar refractivity (Wildman–Crippen MR) is 148 cm³/mol. The van der Waals surface area contributed by atoms with Crippen LogP contribution in [0.4, 0.5) is 5.69 Å². The summed E-state index contributed by atoms with van der Waals surface area (Å²) in [7, 11) is 0. The minimum absolute atomic E-state index is 0.185. The summed E-state index contributed by atoms with van der Waals surface area (Å²) in [4.78, 5) is 25.0. The number of carbonyl (C=O) groups is 2. The summed E-state index contributed by atoms with van der Waals surface area (Å²) in [6, 6.07) is 17.8. The Hall–Kier alpha value is -3.85. The van der Waals surface area contributed by atoms with Crippen molar-refractivity contribution in [3.63, 3.8) is 0 Å². The molecule has 9 heteroatoms. The van der Waals surface area contributed by atoms with Crippen LogP contribution in [0.15, 0.2) is 70.2 Å². The highest BCUT2D eigenvalue weighted by Crippen LogP contribution is 2.29. The first-order chi connectivity index (χ1) is 17.9. The average Bonchev–Trinajstić information content (AvgIpc) is 2.87. The molecule has 3 aromatic rings. The molecular formula is C28H30BrN3O5. The summed E-state index contributed by atoms with van der Waals surface area (Å²) in [5.41, 5.74) is 5.21. The van der Waals surface area contributed by atoms with Gasteiger partial charge in [0.05, 0.1) is 19.4 Å². The highest BCUT2D eigenvalue weighted by molar-refractivity contribution is 9.10. The fourth-order valence-electron chi connectivity index (χ4n) is 3.29. The smallest absolute Gasteiger partial charge is 0.271 e. The number of anilines is 1. The van der Waals surface area contributed by atoms with Crippen molar-refractivity contribution in [2.75, 3.05) is 25.1 Å². The lowest BCUT2D eigenvalue weighted by atomic mass is 10.2. The zero-order chi connectivity index (χ0) is 26.6. The first kappa shape index (κ1) is 27.7. The number of aryl methyl sites for hydroxylation is 1. The van der Waals surface area contributed by atoms with Gasteiger partial charge in [-0.1, -0.05) is 35.0 Å². The minimum atomic E-state index is -0.408. The fraction of sp³-hybridized carbons (Fsp3) is 0.250. The molecule has 0 unspecified atom stereocenters. The van der Waals surface area contributed by atoms with Crippen molar-refractivity contribution in [1.29, 1.82) is 0 Å². The number of hydrogen-bond acceptors (Lipinski definition) is 6. The number of carbonyl (C=O) groups excluding carboxylic acids is 2. The highest BCUT2D eigenvalue weighted by atomic mass is 79.9. The third-order valence-corrected chi connectivity index (χ3v) is 5.46. The monoisotopic (exact) mass is 567 g/mol. The first-order valence-electron chi connectivity index (χ1n) is 11.9. The summed E-state index contributed by atoms with van der Waals surface area (Å²) in [5, 5.41) is 6.88. The summed E-state index contributed by atoms with van der Waals surface area (Å²) in [6.45, 7) is 6.65. The van der Waals surface area contributed by atoms with Gasteiger partial charge in [-0.15, -0.1) is 0 Å². The van der Waals surface area contributed by atoms with E-state index in [2.05, 4.69) is 31.8 Å². The minimum Gasteiger partial charge on any atom is -0.490 e. The van der Waals surface area contributed by atoms with Gasteiger partial charge in [0.25, 0.3) is 11.8 Å². The third-order valence-electron chi connectivity index (χ3n) is 4.97. The maximum absolute atomic E-state index is 12.7. The summed E-state index contributed by atoms with van der Waals surface area (Å²) in [5.74, 6) is 0.831. The molecule has 0 aliphatic rings. The normalized spacial score (nSPS) is 10.7. The Morgan fingerprint density at radius 2 is 1.76 bits per heavy atom. The van der Waals surface area contributed by atoms with E-state index in [1.54, 1.807) is 36.4 Å². The van der Waals surface area contributed by atoms with E-state index >= 15 is 0 Å². The number of nitrogens with one attached hydrogen (secondary N) is 2. The second-order valence-electron chi connectivity index (χ2n) is 8.03. The van der Waals surface area contributed by atoms with Gasteiger partial charge in [0.15, 0.2) is 18.1 Å². The Morgan fingerprint density at radius 1 is 0.946 bits per heavy atom. The maximum atomic E-state index is 12.7. The molecule has 0 atom stereocenters. The average molecular weight is 568 g/mol. The number of halogens is 1. The largest absolute Gasteiger partial charge is 0.490 e. The van der Waals surface area contributed by atoms with Gasteiger partial charge in [0.1, 0.15) is 5.75 Å². The predicted octanol–water partition coefficient (Wildman–Crippen LogP) is 5.73. The van der Waals surface area contributed by atoms with Gasteiger partial charge < -0.3 is 19.5 Å². The van der Waals surface area contributed by atoms with Crippen molar-refractivity contribution in [2.45, 2.75) is 27.2 Å². The van der Waals surface area contributed by atoms with Gasteiger partial charge in [-0.25, -0.2) is 5.43 Å². The van der Waals surface area contributed by atoms with E-state index in [1.807, 2.05) is 45.0 Å². The van der Waals surface area contributed by atoms with E-state index < -0.39 is 5.91 Å². The van der Waals surface area contributed by atoms with Crippen LogP contribution in [0.1, 0.15) is 41.8 Å². The van der Waals surface area contributed by atoms with Crippen LogP contribution in [0.2, 0.25) is 0 Å². The van der Waals surface area contributed by atoms with Gasteiger partial charge in [-0.05, 0) is 74.4 Å². The Kier molecular flexibility index (Phi) is 10.5. The Labute approximate surface area is 225 Å². The van der Waals surface area contributed by atoms with E-state index in [1.165, 1.54) is 6.21 Å². The van der Waals surface area contributed by atoms with Gasteiger partial charge >= 0.3 is 0 Å². The van der Waals surface area contributed by atoms with Crippen LogP contribution in [-0.4, -0.2) is 37.8 Å². The number of hydrazone groups is 1. The quantitative estimate of drug-likeness (QED) is 0.215. The second kappa shape index (κ2) is 14.0. The second-order valence-corrected chi connectivity index (χ2v) is 8.95. The van der Waals surface area contributed by atoms with E-state index in [0.29, 0.717) is 47.3 Å². The lowest BCUT2D eigenvalue weighted by Crippen LogP contribution is -2.20. The molecular weight excluding hydrogens is 538 g/mol. The molecule has 0 fully saturated rings. The number of nitrogens with zero attached hydrogens (tertiary/aromatic N) is 1. The molecule has 2 N–H and O–H groups in total. The van der Waals surface area contributed by atoms with Crippen LogP contribution in [-0.2, 0) is 4.79 Å². The number of rotatable bonds is 12. The summed E-state index contributed by atoms with van der Waals surface area (Å²) < 4.78 is 17.8. The Bertz CT molecular complexity index is 1260. The SMILES string of the molecule is CCCOc1ccc(C(=O)N/N=C/c2cc(Br)ccc2OCC(=O)Nc2cccc(C)c2)cc1OCC. The van der Waals surface area contributed by atoms with Crippen LogP contribution in [0.5, 0.6) is 17.2 Å². The molecule has 0 bridgehead atoms. The molecule has 0 aliphatic heterocycles. The van der Waals surface area contributed by atoms with Gasteiger partial charge in [-0.2, -0.15) is 5.10 Å². The number of benzene rings is 3. The molecule has 0 spiro atoms. The number of ether oxygens (including phenoxy) is 3. The molecule has 194 valence electrons. The van der Waals surface area contributed by atoms with Crippen molar-refractivity contribution in [3.05, 3.63) is 81.8 Å². The fourth-order valence-corrected chi connectivity index (χ4v) is 3.67. The lowest BCUT2D eigenvalue weighted by molar-refractivity contribution is -0.118. The standard InChI is InChI=1S/C28H30BrN3O5/c1-4-13-36-25-11-9-20(16-26(25)35-5-2)28(34)32-30-17-21-15-22(29)10-12-24(21)37-18-27(33)31-23-8-6-7-19(3)14-23/h6-12,14-17H,4-5,13,18H2,1-3H3,(H,31,33)(H,32,34)/b30-17+. The molecule has 2 amide bonds. The van der Waals surface area contributed by atoms with Crippen LogP contribution >= 0.6 is 15.9 Å². The molecule has 0 heterocycles. The van der Waals surface area contributed by atoms with E-state index in [9.17, 15) is 9.59 Å². The van der Waals surface area contributed by atoms with Crippen LogP contribution in [0.25, 0.3) is 0 Å². The topological polar surface area (TPSA) is 98.3 Å². The third kappa shape index (κ3) is 8.64. The van der Waals surface area contributed by atoms with Crippen LogP contribution in [0.3, 0.4) is 0 Å². The van der Waals surface area contributed by atoms with E-state index in [4.69, 9.17) is 14.2 Å². The van der Waals surface area contributed by atoms with Crippen molar-refractivity contribution < 1.29 is 23.8 Å². The molecule has 0 aromatic heterocycles. The maximum Gasteiger partial charge on any atom is 0.271 e. The molecule has 0 radical (unpaired) electrons. The first-order valence-corrected chi connectivity index (χ1v) is 12.7. The van der Waals surface area contributed by atoms with Crippen molar-refractivity contribution in [3.8, 4) is 17.2 Å². The molecule has 3 aromatic carbocycles. The molecule has 8 nitrogen and oxygen atoms in total. The number of amides is 2. The van der Waals surface area contributed by atoms with Crippen molar-refractivity contribution in [2.24, 2.45) is 5.10 Å². The summed E-state index contributed by atoms with van der Waals surface area (Å²) >= 11 is 3.42. The lowest BCUT2D eigenvalue weighted by Gasteiger charge is -2.12. The van der Waals surface area contributed by atoms with Crippen molar-refractivity contribution >= 4 is 39.6 Å². The zero-order valence-corrected chi connectivity index (χ0v) is 22.6. The molecule has 37 heavy (non-hydrogen) atoms. The van der Waals surface area contributed by atoms with Crippen LogP contribution in [0, 0.1) is 6.92 Å². The van der Waals surface area contributed by atoms with Gasteiger partial charge in [0, 0.05) is 21.3 Å². The molecule has 0 saturated heterocycles. The summed E-state index contributed by atoms with van der Waals surface area (Å²) in [6.07, 6.45) is 2.32.